The molecular weight excluding hydrogens is 272 g/mol. The van der Waals surface area contributed by atoms with Crippen LogP contribution in [0.15, 0.2) is 18.2 Å². The van der Waals surface area contributed by atoms with Crippen LogP contribution in [0.1, 0.15) is 38.3 Å². The normalized spacial score (nSPS) is 19.8. The Morgan fingerprint density at radius 1 is 1.40 bits per heavy atom. The average molecular weight is 295 g/mol. The van der Waals surface area contributed by atoms with E-state index in [1.165, 1.54) is 0 Å². The number of nitrogens with two attached hydrogens (primary N) is 1. The van der Waals surface area contributed by atoms with Crippen LogP contribution in [-0.4, -0.2) is 17.4 Å². The maximum absolute atomic E-state index is 12.1. The van der Waals surface area contributed by atoms with Gasteiger partial charge in [-0.05, 0) is 28.5 Å². The molecule has 1 aliphatic heterocycles. The van der Waals surface area contributed by atoms with Crippen LogP contribution < -0.4 is 5.73 Å². The molecule has 3 nitrogen and oxygen atoms in total. The molecule has 1 unspecified atom stereocenters. The van der Waals surface area contributed by atoms with Gasteiger partial charge < -0.3 is 10.6 Å². The summed E-state index contributed by atoms with van der Waals surface area (Å²) >= 11 is 6.27. The van der Waals surface area contributed by atoms with Crippen molar-refractivity contribution in [3.05, 3.63) is 34.3 Å². The minimum atomic E-state index is 0.164. The number of carbonyl (C=O) groups excluding carboxylic acids is 1. The average Bonchev–Trinajstić information content (AvgIpc) is 2.73. The zero-order valence-corrected chi connectivity index (χ0v) is 13.2. The molecule has 1 heterocycles. The third kappa shape index (κ3) is 3.33. The Balaban J connectivity index is 2.09. The third-order valence-corrected chi connectivity index (χ3v) is 4.51. The number of amides is 1. The molecule has 1 amide bonds. The number of nitrogens with zero attached hydrogens (tertiary/aromatic N) is 1. The summed E-state index contributed by atoms with van der Waals surface area (Å²) in [6, 6.07) is 5.84. The van der Waals surface area contributed by atoms with E-state index in [0.717, 1.165) is 17.7 Å². The summed E-state index contributed by atoms with van der Waals surface area (Å²) in [6.07, 6.45) is 0.641. The Hall–Kier alpha value is -1.06. The van der Waals surface area contributed by atoms with Crippen LogP contribution in [0.4, 0.5) is 0 Å². The third-order valence-electron chi connectivity index (χ3n) is 4.15. The van der Waals surface area contributed by atoms with Gasteiger partial charge in [-0.25, -0.2) is 0 Å². The number of carbonyl (C=O) groups is 1. The first-order chi connectivity index (χ1) is 9.31. The van der Waals surface area contributed by atoms with Crippen molar-refractivity contribution in [2.24, 2.45) is 17.1 Å². The van der Waals surface area contributed by atoms with Gasteiger partial charge in [0, 0.05) is 31.1 Å². The van der Waals surface area contributed by atoms with Crippen molar-refractivity contribution in [3.8, 4) is 0 Å². The monoisotopic (exact) mass is 294 g/mol. The summed E-state index contributed by atoms with van der Waals surface area (Å²) < 4.78 is 0. The SMILES string of the molecule is CC(C)(C)C1CC(=O)N(Cc2ccc(CN)cc2Cl)C1. The van der Waals surface area contributed by atoms with Gasteiger partial charge in [0.05, 0.1) is 0 Å². The highest BCUT2D eigenvalue weighted by atomic mass is 35.5. The molecule has 0 bridgehead atoms. The van der Waals surface area contributed by atoms with Gasteiger partial charge in [-0.3, -0.25) is 4.79 Å². The minimum absolute atomic E-state index is 0.164. The van der Waals surface area contributed by atoms with Crippen molar-refractivity contribution in [1.82, 2.24) is 4.90 Å². The summed E-state index contributed by atoms with van der Waals surface area (Å²) in [5.74, 6) is 0.640. The molecule has 2 rings (SSSR count). The van der Waals surface area contributed by atoms with E-state index in [9.17, 15) is 4.79 Å². The molecule has 1 aromatic rings. The lowest BCUT2D eigenvalue weighted by Gasteiger charge is -2.26. The molecular formula is C16H23ClN2O. The highest BCUT2D eigenvalue weighted by Gasteiger charge is 2.36. The van der Waals surface area contributed by atoms with Crippen molar-refractivity contribution in [1.29, 1.82) is 0 Å². The van der Waals surface area contributed by atoms with Crippen LogP contribution in [-0.2, 0) is 17.9 Å². The Morgan fingerprint density at radius 3 is 2.60 bits per heavy atom. The molecule has 110 valence electrons. The van der Waals surface area contributed by atoms with Gasteiger partial charge in [0.25, 0.3) is 0 Å². The smallest absolute Gasteiger partial charge is 0.223 e. The van der Waals surface area contributed by atoms with Gasteiger partial charge in [-0.15, -0.1) is 0 Å². The fraction of sp³-hybridized carbons (Fsp3) is 0.562. The Bertz CT molecular complexity index is 508. The highest BCUT2D eigenvalue weighted by molar-refractivity contribution is 6.31. The van der Waals surface area contributed by atoms with Gasteiger partial charge in [0.15, 0.2) is 0 Å². The lowest BCUT2D eigenvalue weighted by atomic mass is 9.80. The summed E-state index contributed by atoms with van der Waals surface area (Å²) in [4.78, 5) is 14.0. The molecule has 1 saturated heterocycles. The Labute approximate surface area is 126 Å². The topological polar surface area (TPSA) is 46.3 Å². The Morgan fingerprint density at radius 2 is 2.10 bits per heavy atom. The Kier molecular flexibility index (Phi) is 4.40. The van der Waals surface area contributed by atoms with Crippen molar-refractivity contribution in [2.75, 3.05) is 6.54 Å². The van der Waals surface area contributed by atoms with Gasteiger partial charge in [-0.1, -0.05) is 44.5 Å². The second-order valence-electron chi connectivity index (χ2n) is 6.67. The van der Waals surface area contributed by atoms with Crippen LogP contribution in [0.5, 0.6) is 0 Å². The van der Waals surface area contributed by atoms with Crippen molar-refractivity contribution < 1.29 is 4.79 Å². The number of halogens is 1. The van der Waals surface area contributed by atoms with E-state index in [-0.39, 0.29) is 11.3 Å². The molecule has 2 N–H and O–H groups in total. The molecule has 1 atom stereocenters. The lowest BCUT2D eigenvalue weighted by Crippen LogP contribution is -2.27. The second kappa shape index (κ2) is 5.74. The standard InChI is InChI=1S/C16H23ClN2O/c1-16(2,3)13-7-15(20)19(10-13)9-12-5-4-11(8-18)6-14(12)17/h4-6,13H,7-10,18H2,1-3H3. The summed E-state index contributed by atoms with van der Waals surface area (Å²) in [6.45, 7) is 8.47. The number of hydrogen-bond donors (Lipinski definition) is 1. The van der Waals surface area contributed by atoms with Crippen molar-refractivity contribution in [3.63, 3.8) is 0 Å². The van der Waals surface area contributed by atoms with Gasteiger partial charge in [0.2, 0.25) is 5.91 Å². The van der Waals surface area contributed by atoms with Crippen LogP contribution in [0, 0.1) is 11.3 Å². The molecule has 1 fully saturated rings. The van der Waals surface area contributed by atoms with Crippen molar-refractivity contribution >= 4 is 17.5 Å². The molecule has 0 radical (unpaired) electrons. The predicted octanol–water partition coefficient (Wildman–Crippen LogP) is 3.19. The maximum Gasteiger partial charge on any atom is 0.223 e. The fourth-order valence-electron chi connectivity index (χ4n) is 2.56. The quantitative estimate of drug-likeness (QED) is 0.930. The van der Waals surface area contributed by atoms with Gasteiger partial charge >= 0.3 is 0 Å². The van der Waals surface area contributed by atoms with E-state index in [4.69, 9.17) is 17.3 Å². The molecule has 0 aromatic heterocycles. The van der Waals surface area contributed by atoms with Crippen LogP contribution in [0.3, 0.4) is 0 Å². The number of hydrogen-bond acceptors (Lipinski definition) is 2. The lowest BCUT2D eigenvalue weighted by molar-refractivity contribution is -0.128. The minimum Gasteiger partial charge on any atom is -0.338 e. The van der Waals surface area contributed by atoms with E-state index < -0.39 is 0 Å². The van der Waals surface area contributed by atoms with Crippen LogP contribution in [0.25, 0.3) is 0 Å². The van der Waals surface area contributed by atoms with Crippen molar-refractivity contribution in [2.45, 2.75) is 40.3 Å². The molecule has 0 spiro atoms. The first kappa shape index (κ1) is 15.3. The van der Waals surface area contributed by atoms with Gasteiger partial charge in [-0.2, -0.15) is 0 Å². The zero-order valence-electron chi connectivity index (χ0n) is 12.4. The van der Waals surface area contributed by atoms with Crippen LogP contribution >= 0.6 is 11.6 Å². The molecule has 4 heteroatoms. The molecule has 0 saturated carbocycles. The van der Waals surface area contributed by atoms with E-state index in [1.807, 2.05) is 23.1 Å². The molecule has 20 heavy (non-hydrogen) atoms. The second-order valence-corrected chi connectivity index (χ2v) is 7.08. The summed E-state index contributed by atoms with van der Waals surface area (Å²) in [5.41, 5.74) is 7.77. The molecule has 1 aliphatic rings. The van der Waals surface area contributed by atoms with E-state index in [0.29, 0.717) is 30.5 Å². The first-order valence-electron chi connectivity index (χ1n) is 7.06. The fourth-order valence-corrected chi connectivity index (χ4v) is 2.82. The van der Waals surface area contributed by atoms with Gasteiger partial charge in [0.1, 0.15) is 0 Å². The maximum atomic E-state index is 12.1. The van der Waals surface area contributed by atoms with Crippen LogP contribution in [0.2, 0.25) is 5.02 Å². The van der Waals surface area contributed by atoms with E-state index in [2.05, 4.69) is 20.8 Å². The summed E-state index contributed by atoms with van der Waals surface area (Å²) in [7, 11) is 0. The van der Waals surface area contributed by atoms with E-state index >= 15 is 0 Å². The molecule has 1 aromatic carbocycles. The predicted molar refractivity (Wildman–Crippen MR) is 82.3 cm³/mol. The first-order valence-corrected chi connectivity index (χ1v) is 7.44. The zero-order chi connectivity index (χ0) is 14.9. The number of rotatable bonds is 3. The largest absolute Gasteiger partial charge is 0.338 e. The number of benzene rings is 1. The van der Waals surface area contributed by atoms with E-state index in [1.54, 1.807) is 0 Å². The molecule has 0 aliphatic carbocycles. The number of likely N-dealkylation sites (tertiary alicyclic amines) is 1. The highest BCUT2D eigenvalue weighted by Crippen LogP contribution is 2.35. The summed E-state index contributed by atoms with van der Waals surface area (Å²) in [5, 5.41) is 0.694.